The van der Waals surface area contributed by atoms with Crippen molar-refractivity contribution in [1.29, 1.82) is 0 Å². The van der Waals surface area contributed by atoms with E-state index in [9.17, 15) is 8.42 Å². The molecule has 1 aromatic heterocycles. The maximum Gasteiger partial charge on any atom is 0.213 e. The fourth-order valence-electron chi connectivity index (χ4n) is 5.21. The molecule has 0 amide bonds. The van der Waals surface area contributed by atoms with Gasteiger partial charge in [-0.15, -0.1) is 11.3 Å². The van der Waals surface area contributed by atoms with Crippen molar-refractivity contribution >= 4 is 27.0 Å². The number of benzene rings is 2. The van der Waals surface area contributed by atoms with Crippen molar-refractivity contribution < 1.29 is 13.2 Å². The third kappa shape index (κ3) is 6.21. The molecule has 2 aromatic carbocycles. The molecule has 1 atom stereocenters. The van der Waals surface area contributed by atoms with Crippen LogP contribution in [0.4, 0.5) is 5.69 Å². The van der Waals surface area contributed by atoms with Gasteiger partial charge in [-0.1, -0.05) is 18.2 Å². The number of fused-ring (bicyclic) bond motifs is 1. The molecule has 1 aliphatic carbocycles. The van der Waals surface area contributed by atoms with Crippen LogP contribution in [0.15, 0.2) is 42.6 Å². The van der Waals surface area contributed by atoms with Crippen molar-refractivity contribution in [3.63, 3.8) is 0 Å². The Morgan fingerprint density at radius 1 is 1.21 bits per heavy atom. The molecule has 0 spiro atoms. The van der Waals surface area contributed by atoms with Crippen LogP contribution < -0.4 is 20.1 Å². The first-order chi connectivity index (χ1) is 18.3. The minimum atomic E-state index is -3.37. The predicted octanol–water partition coefficient (Wildman–Crippen LogP) is 4.12. The van der Waals surface area contributed by atoms with E-state index in [-0.39, 0.29) is 17.9 Å². The normalized spacial score (nSPS) is 18.1. The van der Waals surface area contributed by atoms with Crippen molar-refractivity contribution in [2.24, 2.45) is 0 Å². The second-order valence-corrected chi connectivity index (χ2v) is 13.1. The molecular formula is C28H37N5O3S2. The van der Waals surface area contributed by atoms with Crippen LogP contribution in [0.5, 0.6) is 5.75 Å². The zero-order valence-electron chi connectivity index (χ0n) is 22.3. The fourth-order valence-corrected chi connectivity index (χ4v) is 7.47. The molecular weight excluding hydrogens is 518 g/mol. The molecule has 0 saturated carbocycles. The average molecular weight is 556 g/mol. The Labute approximate surface area is 229 Å². The highest BCUT2D eigenvalue weighted by molar-refractivity contribution is 7.89. The Bertz CT molecular complexity index is 1370. The highest BCUT2D eigenvalue weighted by atomic mass is 32.2. The first kappa shape index (κ1) is 27.1. The van der Waals surface area contributed by atoms with Gasteiger partial charge < -0.3 is 15.4 Å². The summed E-state index contributed by atoms with van der Waals surface area (Å²) >= 11 is 1.65. The van der Waals surface area contributed by atoms with E-state index in [0.29, 0.717) is 6.54 Å². The summed E-state index contributed by atoms with van der Waals surface area (Å²) in [5.74, 6) is 0.956. The third-order valence-corrected chi connectivity index (χ3v) is 9.55. The number of piperazine rings is 1. The predicted molar refractivity (Wildman–Crippen MR) is 156 cm³/mol. The topological polar surface area (TPSA) is 95.6 Å². The number of hydrogen-bond donors (Lipinski definition) is 3. The van der Waals surface area contributed by atoms with Gasteiger partial charge in [0.25, 0.3) is 0 Å². The number of anilines is 1. The van der Waals surface area contributed by atoms with Crippen molar-refractivity contribution in [3.8, 4) is 26.8 Å². The molecule has 3 aromatic rings. The lowest BCUT2D eigenvalue weighted by Crippen LogP contribution is -2.46. The molecule has 0 bridgehead atoms. The number of nitrogens with one attached hydrogen (secondary N) is 3. The van der Waals surface area contributed by atoms with Crippen LogP contribution in [0, 0.1) is 0 Å². The smallest absolute Gasteiger partial charge is 0.213 e. The van der Waals surface area contributed by atoms with Crippen molar-refractivity contribution in [2.45, 2.75) is 38.8 Å². The molecule has 8 nitrogen and oxygen atoms in total. The number of aromatic nitrogens is 1. The fraction of sp³-hybridized carbons (Fsp3) is 0.464. The number of ether oxygens (including phenoxy) is 1. The molecule has 3 N–H and O–H groups in total. The molecule has 5 rings (SSSR count). The second-order valence-electron chi connectivity index (χ2n) is 10.2. The van der Waals surface area contributed by atoms with E-state index in [1.54, 1.807) is 11.3 Å². The molecule has 2 aliphatic rings. The Hall–Kier alpha value is -2.50. The quantitative estimate of drug-likeness (QED) is 0.346. The number of sulfonamides is 1. The van der Waals surface area contributed by atoms with Crippen LogP contribution in [0.2, 0.25) is 0 Å². The number of hydrogen-bond acceptors (Lipinski definition) is 8. The molecule has 0 unspecified atom stereocenters. The third-order valence-electron chi connectivity index (χ3n) is 7.11. The SMILES string of the molecule is CNc1cc(-c2ncc(-c3cccc4c3CC[C@@H]4NS(=O)(=O)CCN3CCNCC3)s2)ccc1OC(C)C. The summed E-state index contributed by atoms with van der Waals surface area (Å²) in [6, 6.07) is 12.1. The highest BCUT2D eigenvalue weighted by Crippen LogP contribution is 2.42. The van der Waals surface area contributed by atoms with E-state index in [0.717, 1.165) is 77.0 Å². The standard InChI is InChI=1S/C28H37N5O3S2/c1-19(2)36-26-10-7-20(17-25(26)29-3)28-31-18-27(37-28)23-6-4-5-22-21(23)8-9-24(22)32-38(34,35)16-15-33-13-11-30-12-14-33/h4-7,10,17-19,24,29-30,32H,8-9,11-16H2,1-3H3/t24-/m0/s1. The summed E-state index contributed by atoms with van der Waals surface area (Å²) in [4.78, 5) is 8.03. The number of rotatable bonds is 10. The van der Waals surface area contributed by atoms with Gasteiger partial charge in [0.1, 0.15) is 10.8 Å². The first-order valence-corrected chi connectivity index (χ1v) is 15.8. The van der Waals surface area contributed by atoms with E-state index < -0.39 is 10.0 Å². The average Bonchev–Trinajstić information content (AvgIpc) is 3.56. The lowest BCUT2D eigenvalue weighted by Gasteiger charge is -2.27. The summed E-state index contributed by atoms with van der Waals surface area (Å²) < 4.78 is 34.7. The Balaban J connectivity index is 1.32. The van der Waals surface area contributed by atoms with Crippen LogP contribution in [-0.2, 0) is 16.4 Å². The van der Waals surface area contributed by atoms with Crippen LogP contribution in [0.3, 0.4) is 0 Å². The monoisotopic (exact) mass is 555 g/mol. The van der Waals surface area contributed by atoms with Crippen molar-refractivity contribution in [2.75, 3.05) is 50.8 Å². The zero-order chi connectivity index (χ0) is 26.7. The molecule has 1 aliphatic heterocycles. The largest absolute Gasteiger partial charge is 0.489 e. The van der Waals surface area contributed by atoms with Crippen LogP contribution in [0.1, 0.15) is 37.4 Å². The molecule has 10 heteroatoms. The summed E-state index contributed by atoms with van der Waals surface area (Å²) in [6.07, 6.45) is 3.64. The van der Waals surface area contributed by atoms with E-state index in [2.05, 4.69) is 38.5 Å². The van der Waals surface area contributed by atoms with Gasteiger partial charge in [-0.3, -0.25) is 4.90 Å². The van der Waals surface area contributed by atoms with Gasteiger partial charge in [0.15, 0.2) is 0 Å². The van der Waals surface area contributed by atoms with E-state index >= 15 is 0 Å². The Morgan fingerprint density at radius 3 is 2.79 bits per heavy atom. The Kier molecular flexibility index (Phi) is 8.35. The lowest BCUT2D eigenvalue weighted by molar-refractivity contribution is 0.244. The molecule has 38 heavy (non-hydrogen) atoms. The van der Waals surface area contributed by atoms with E-state index in [1.807, 2.05) is 45.3 Å². The zero-order valence-corrected chi connectivity index (χ0v) is 23.9. The molecule has 204 valence electrons. The van der Waals surface area contributed by atoms with Crippen LogP contribution in [0.25, 0.3) is 21.0 Å². The van der Waals surface area contributed by atoms with Gasteiger partial charge in [-0.05, 0) is 61.6 Å². The first-order valence-electron chi connectivity index (χ1n) is 13.3. The van der Waals surface area contributed by atoms with Gasteiger partial charge in [0.2, 0.25) is 10.0 Å². The minimum Gasteiger partial charge on any atom is -0.489 e. The van der Waals surface area contributed by atoms with Gasteiger partial charge >= 0.3 is 0 Å². The van der Waals surface area contributed by atoms with Crippen LogP contribution in [-0.4, -0.2) is 69.9 Å². The van der Waals surface area contributed by atoms with E-state index in [4.69, 9.17) is 9.72 Å². The Morgan fingerprint density at radius 2 is 2.03 bits per heavy atom. The minimum absolute atomic E-state index is 0.0973. The number of nitrogens with zero attached hydrogens (tertiary/aromatic N) is 2. The van der Waals surface area contributed by atoms with Crippen molar-refractivity contribution in [3.05, 3.63) is 53.7 Å². The highest BCUT2D eigenvalue weighted by Gasteiger charge is 2.29. The summed E-state index contributed by atoms with van der Waals surface area (Å²) in [5.41, 5.74) is 5.40. The maximum atomic E-state index is 12.9. The summed E-state index contributed by atoms with van der Waals surface area (Å²) in [5, 5.41) is 7.47. The van der Waals surface area contributed by atoms with Crippen molar-refractivity contribution in [1.82, 2.24) is 19.9 Å². The van der Waals surface area contributed by atoms with Gasteiger partial charge in [0.05, 0.1) is 22.4 Å². The van der Waals surface area contributed by atoms with E-state index in [1.165, 1.54) is 5.56 Å². The number of thiazole rings is 1. The maximum absolute atomic E-state index is 12.9. The second kappa shape index (κ2) is 11.7. The molecule has 1 saturated heterocycles. The van der Waals surface area contributed by atoms with Crippen LogP contribution >= 0.6 is 11.3 Å². The molecule has 0 radical (unpaired) electrons. The molecule has 2 heterocycles. The lowest BCUT2D eigenvalue weighted by atomic mass is 10.0. The van der Waals surface area contributed by atoms with Gasteiger partial charge in [0, 0.05) is 57.6 Å². The summed E-state index contributed by atoms with van der Waals surface area (Å²) in [6.45, 7) is 8.23. The van der Waals surface area contributed by atoms with Gasteiger partial charge in [-0.2, -0.15) is 0 Å². The van der Waals surface area contributed by atoms with Gasteiger partial charge in [-0.25, -0.2) is 18.1 Å². The molecule has 1 fully saturated rings. The summed E-state index contributed by atoms with van der Waals surface area (Å²) in [7, 11) is -1.48.